The van der Waals surface area contributed by atoms with Crippen LogP contribution in [0.15, 0.2) is 22.7 Å². The molecule has 1 aliphatic rings. The molecule has 8 heteroatoms. The number of hydrogen-bond acceptors (Lipinski definition) is 4. The molecule has 0 aromatic heterocycles. The summed E-state index contributed by atoms with van der Waals surface area (Å²) >= 11 is 3.13. The zero-order valence-corrected chi connectivity index (χ0v) is 16.3. The lowest BCUT2D eigenvalue weighted by Gasteiger charge is -2.28. The number of ether oxygens (including phenoxy) is 1. The zero-order chi connectivity index (χ0) is 18.8. The van der Waals surface area contributed by atoms with Crippen molar-refractivity contribution in [2.24, 2.45) is 0 Å². The van der Waals surface area contributed by atoms with E-state index in [2.05, 4.69) is 26.7 Å². The van der Waals surface area contributed by atoms with Gasteiger partial charge in [0, 0.05) is 6.04 Å². The highest BCUT2D eigenvalue weighted by Crippen LogP contribution is 2.26. The van der Waals surface area contributed by atoms with Gasteiger partial charge in [0.25, 0.3) is 5.91 Å². The van der Waals surface area contributed by atoms with E-state index >= 15 is 0 Å². The number of hydrazine groups is 1. The number of amides is 2. The molecule has 0 heterocycles. The second-order valence-corrected chi connectivity index (χ2v) is 7.90. The van der Waals surface area contributed by atoms with Crippen molar-refractivity contribution in [2.45, 2.75) is 58.2 Å². The SMILES string of the molecule is C[C@H](NC(=O)OC(C)(C)C)C(=O)N(NC1CC1)c1ccc(F)c(Br)c1. The standard InChI is InChI=1S/C17H23BrFN3O3/c1-10(20-16(24)25-17(2,3)4)15(23)22(21-11-5-6-11)12-7-8-14(19)13(18)9-12/h7-11,21H,5-6H2,1-4H3,(H,20,24)/t10-/m0/s1. The Balaban J connectivity index is 2.11. The monoisotopic (exact) mass is 415 g/mol. The van der Waals surface area contributed by atoms with Crippen LogP contribution >= 0.6 is 15.9 Å². The average molecular weight is 416 g/mol. The van der Waals surface area contributed by atoms with Gasteiger partial charge in [-0.15, -0.1) is 0 Å². The third kappa shape index (κ3) is 5.97. The molecule has 1 saturated carbocycles. The van der Waals surface area contributed by atoms with Crippen LogP contribution in [0.5, 0.6) is 0 Å². The van der Waals surface area contributed by atoms with Crippen molar-refractivity contribution in [1.29, 1.82) is 0 Å². The van der Waals surface area contributed by atoms with E-state index in [1.54, 1.807) is 27.7 Å². The highest BCUT2D eigenvalue weighted by atomic mass is 79.9. The molecule has 138 valence electrons. The van der Waals surface area contributed by atoms with Gasteiger partial charge in [0.05, 0.1) is 10.2 Å². The maximum Gasteiger partial charge on any atom is 0.408 e. The topological polar surface area (TPSA) is 70.7 Å². The molecule has 2 rings (SSSR count). The average Bonchev–Trinajstić information content (AvgIpc) is 3.29. The van der Waals surface area contributed by atoms with Gasteiger partial charge in [-0.3, -0.25) is 4.79 Å². The molecule has 1 fully saturated rings. The summed E-state index contributed by atoms with van der Waals surface area (Å²) in [5.41, 5.74) is 2.94. The molecular formula is C17H23BrFN3O3. The van der Waals surface area contributed by atoms with Crippen LogP contribution in [0.4, 0.5) is 14.9 Å². The minimum atomic E-state index is -0.815. The molecule has 1 aliphatic carbocycles. The minimum Gasteiger partial charge on any atom is -0.444 e. The fourth-order valence-electron chi connectivity index (χ4n) is 2.02. The molecular weight excluding hydrogens is 393 g/mol. The molecule has 2 N–H and O–H groups in total. The summed E-state index contributed by atoms with van der Waals surface area (Å²) < 4.78 is 18.9. The Bertz CT molecular complexity index is 659. The van der Waals surface area contributed by atoms with Crippen LogP contribution < -0.4 is 15.8 Å². The number of nitrogens with zero attached hydrogens (tertiary/aromatic N) is 1. The molecule has 0 aliphatic heterocycles. The molecule has 0 radical (unpaired) electrons. The highest BCUT2D eigenvalue weighted by Gasteiger charge is 2.31. The number of nitrogens with one attached hydrogen (secondary N) is 2. The molecule has 2 amide bonds. The number of carbonyl (C=O) groups is 2. The summed E-state index contributed by atoms with van der Waals surface area (Å²) in [5.74, 6) is -0.779. The van der Waals surface area contributed by atoms with Crippen molar-refractivity contribution in [3.8, 4) is 0 Å². The van der Waals surface area contributed by atoms with E-state index in [4.69, 9.17) is 4.74 Å². The normalized spacial score (nSPS) is 15.4. The lowest BCUT2D eigenvalue weighted by molar-refractivity contribution is -0.121. The van der Waals surface area contributed by atoms with Crippen LogP contribution in [0.25, 0.3) is 0 Å². The van der Waals surface area contributed by atoms with E-state index in [1.807, 2.05) is 0 Å². The largest absolute Gasteiger partial charge is 0.444 e. The molecule has 6 nitrogen and oxygen atoms in total. The number of anilines is 1. The Morgan fingerprint density at radius 3 is 2.52 bits per heavy atom. The van der Waals surface area contributed by atoms with E-state index in [0.717, 1.165) is 12.8 Å². The van der Waals surface area contributed by atoms with Crippen molar-refractivity contribution < 1.29 is 18.7 Å². The summed E-state index contributed by atoms with van der Waals surface area (Å²) in [4.78, 5) is 24.7. The number of benzene rings is 1. The smallest absolute Gasteiger partial charge is 0.408 e. The fourth-order valence-corrected chi connectivity index (χ4v) is 2.39. The molecule has 1 atom stereocenters. The van der Waals surface area contributed by atoms with Gasteiger partial charge in [0.1, 0.15) is 17.5 Å². The van der Waals surface area contributed by atoms with Crippen LogP contribution in [-0.2, 0) is 9.53 Å². The fraction of sp³-hybridized carbons (Fsp3) is 0.529. The molecule has 1 aromatic carbocycles. The predicted molar refractivity (Wildman–Crippen MR) is 96.6 cm³/mol. The first-order chi connectivity index (χ1) is 11.6. The Morgan fingerprint density at radius 1 is 1.36 bits per heavy atom. The van der Waals surface area contributed by atoms with Crippen molar-refractivity contribution >= 4 is 33.6 Å². The van der Waals surface area contributed by atoms with Gasteiger partial charge >= 0.3 is 6.09 Å². The second-order valence-electron chi connectivity index (χ2n) is 7.04. The highest BCUT2D eigenvalue weighted by molar-refractivity contribution is 9.10. The third-order valence-corrected chi connectivity index (χ3v) is 3.98. The number of halogens is 2. The van der Waals surface area contributed by atoms with Crippen LogP contribution in [0.1, 0.15) is 40.5 Å². The van der Waals surface area contributed by atoms with Gasteiger partial charge in [-0.25, -0.2) is 19.6 Å². The Labute approximate surface area is 155 Å². The number of alkyl carbamates (subject to hydrolysis) is 1. The summed E-state index contributed by atoms with van der Waals surface area (Å²) in [6, 6.07) is 3.68. The van der Waals surface area contributed by atoms with Crippen molar-refractivity contribution in [3.63, 3.8) is 0 Å². The van der Waals surface area contributed by atoms with Crippen LogP contribution in [-0.4, -0.2) is 29.7 Å². The van der Waals surface area contributed by atoms with Gasteiger partial charge in [-0.05, 0) is 74.7 Å². The Morgan fingerprint density at radius 2 is 2.00 bits per heavy atom. The molecule has 0 spiro atoms. The predicted octanol–water partition coefficient (Wildman–Crippen LogP) is 3.50. The third-order valence-electron chi connectivity index (χ3n) is 3.37. The maximum absolute atomic E-state index is 13.5. The van der Waals surface area contributed by atoms with E-state index in [1.165, 1.54) is 23.2 Å². The van der Waals surface area contributed by atoms with Crippen molar-refractivity contribution in [3.05, 3.63) is 28.5 Å². The van der Waals surface area contributed by atoms with Crippen LogP contribution in [0.2, 0.25) is 0 Å². The Hall–Kier alpha value is -1.67. The lowest BCUT2D eigenvalue weighted by Crippen LogP contribution is -2.53. The van der Waals surface area contributed by atoms with E-state index in [9.17, 15) is 14.0 Å². The first-order valence-corrected chi connectivity index (χ1v) is 8.91. The van der Waals surface area contributed by atoms with Crippen LogP contribution in [0.3, 0.4) is 0 Å². The van der Waals surface area contributed by atoms with Gasteiger partial charge in [0.2, 0.25) is 0 Å². The van der Waals surface area contributed by atoms with Crippen LogP contribution in [0, 0.1) is 5.82 Å². The zero-order valence-electron chi connectivity index (χ0n) is 14.7. The molecule has 0 saturated heterocycles. The maximum atomic E-state index is 13.5. The van der Waals surface area contributed by atoms with Gasteiger partial charge in [0.15, 0.2) is 0 Å². The first-order valence-electron chi connectivity index (χ1n) is 8.11. The number of carbonyl (C=O) groups excluding carboxylic acids is 2. The molecule has 1 aromatic rings. The first kappa shape index (κ1) is 19.7. The number of rotatable bonds is 5. The summed E-state index contributed by atoms with van der Waals surface area (Å²) in [6.07, 6.45) is 1.25. The number of hydrogen-bond donors (Lipinski definition) is 2. The van der Waals surface area contributed by atoms with E-state index < -0.39 is 23.6 Å². The van der Waals surface area contributed by atoms with E-state index in [-0.39, 0.29) is 16.4 Å². The quantitative estimate of drug-likeness (QED) is 0.721. The molecule has 0 unspecified atom stereocenters. The summed E-state index contributed by atoms with van der Waals surface area (Å²) in [5, 5.41) is 3.88. The minimum absolute atomic E-state index is 0.196. The second kappa shape index (κ2) is 7.70. The molecule has 25 heavy (non-hydrogen) atoms. The molecule has 0 bridgehead atoms. The van der Waals surface area contributed by atoms with Crippen molar-refractivity contribution in [2.75, 3.05) is 5.01 Å². The van der Waals surface area contributed by atoms with Gasteiger partial charge in [-0.1, -0.05) is 0 Å². The van der Waals surface area contributed by atoms with E-state index in [0.29, 0.717) is 5.69 Å². The summed E-state index contributed by atoms with van der Waals surface area (Å²) in [7, 11) is 0. The van der Waals surface area contributed by atoms with Crippen molar-refractivity contribution in [1.82, 2.24) is 10.7 Å². The van der Waals surface area contributed by atoms with Gasteiger partial charge in [-0.2, -0.15) is 0 Å². The van der Waals surface area contributed by atoms with Gasteiger partial charge < -0.3 is 10.1 Å². The lowest BCUT2D eigenvalue weighted by atomic mass is 10.2. The summed E-state index contributed by atoms with van der Waals surface area (Å²) in [6.45, 7) is 6.81. The Kier molecular flexibility index (Phi) is 6.05.